The highest BCUT2D eigenvalue weighted by molar-refractivity contribution is 5.77. The lowest BCUT2D eigenvalue weighted by Gasteiger charge is -2.27. The van der Waals surface area contributed by atoms with Gasteiger partial charge in [-0.05, 0) is 113 Å². The van der Waals surface area contributed by atoms with Crippen molar-refractivity contribution < 1.29 is 19.1 Å². The number of allylic oxidation sites excluding steroid dienone is 2. The molecule has 2 N–H and O–H groups in total. The van der Waals surface area contributed by atoms with Gasteiger partial charge in [0.25, 0.3) is 0 Å². The van der Waals surface area contributed by atoms with E-state index in [1.807, 2.05) is 53.9 Å². The van der Waals surface area contributed by atoms with Gasteiger partial charge in [-0.15, -0.1) is 0 Å². The number of carbonyl (C=O) groups excluding carboxylic acids is 2. The van der Waals surface area contributed by atoms with Crippen LogP contribution in [-0.2, 0) is 9.47 Å². The quantitative estimate of drug-likeness (QED) is 0.170. The van der Waals surface area contributed by atoms with Crippen LogP contribution in [0.2, 0.25) is 0 Å². The number of hydrogen-bond donors (Lipinski definition) is 2. The number of ether oxygens (including phenoxy) is 2. The molecule has 4 atom stereocenters. The molecular formula is C47H54N6O4. The molecule has 8 rings (SSSR count). The molecule has 0 bridgehead atoms. The van der Waals surface area contributed by atoms with Crippen molar-refractivity contribution >= 4 is 17.8 Å². The number of benzene rings is 3. The third-order valence-electron chi connectivity index (χ3n) is 11.3. The fraction of sp³-hybridized carbons (Fsp3) is 0.404. The third-order valence-corrected chi connectivity index (χ3v) is 11.3. The summed E-state index contributed by atoms with van der Waals surface area (Å²) in [5.74, 6) is 2.07. The van der Waals surface area contributed by atoms with Gasteiger partial charge in [-0.25, -0.2) is 19.6 Å². The SMILES string of the molecule is CC(C)(C)OC(=O)N1CCCC1c1ncc(-c2ccc(C3=CCC(c4ccc(-c5cnc(C6CCCN6C(=O)OC(C)(C)C)[nH]5)cc4)C3c3ccccc3)cc2)[nH]1. The maximum Gasteiger partial charge on any atom is 0.410 e. The van der Waals surface area contributed by atoms with Gasteiger partial charge in [0.05, 0.1) is 35.9 Å². The molecule has 4 heterocycles. The molecule has 2 amide bonds. The molecule has 4 unspecified atom stereocenters. The Hall–Kier alpha value is -5.64. The largest absolute Gasteiger partial charge is 0.444 e. The van der Waals surface area contributed by atoms with E-state index >= 15 is 0 Å². The molecule has 10 heteroatoms. The van der Waals surface area contributed by atoms with E-state index in [1.165, 1.54) is 22.3 Å². The fourth-order valence-corrected chi connectivity index (χ4v) is 8.67. The highest BCUT2D eigenvalue weighted by atomic mass is 16.6. The standard InChI is InChI=1S/C47H54N6O4/c1-46(2,3)56-44(54)52-26-10-14-39(52)42-48-28-37(50-42)32-20-16-30(17-21-32)35-24-25-36(41(35)34-12-8-7-9-13-34)31-18-22-33(23-19-31)38-29-49-43(51-38)40-15-11-27-53(40)45(55)57-47(4,5)6/h7-9,12-13,16-24,28-29,36,39-41H,10-11,14-15,25-27H2,1-6H3,(H,48,50)(H,49,51). The van der Waals surface area contributed by atoms with Crippen molar-refractivity contribution in [3.8, 4) is 22.5 Å². The number of H-pyrrole nitrogens is 2. The van der Waals surface area contributed by atoms with Crippen LogP contribution in [0.15, 0.2) is 97.3 Å². The average molecular weight is 767 g/mol. The minimum absolute atomic E-state index is 0.123. The maximum absolute atomic E-state index is 12.9. The van der Waals surface area contributed by atoms with Gasteiger partial charge >= 0.3 is 12.2 Å². The molecule has 2 saturated heterocycles. The number of rotatable bonds is 7. The van der Waals surface area contributed by atoms with Crippen molar-refractivity contribution in [2.24, 2.45) is 0 Å². The van der Waals surface area contributed by atoms with Crippen molar-refractivity contribution in [2.75, 3.05) is 13.1 Å². The fourth-order valence-electron chi connectivity index (χ4n) is 8.67. The van der Waals surface area contributed by atoms with Gasteiger partial charge in [0.15, 0.2) is 0 Å². The average Bonchev–Trinajstić information content (AvgIpc) is 4.02. The molecule has 2 aromatic heterocycles. The zero-order valence-corrected chi connectivity index (χ0v) is 33.9. The Labute approximate surface area is 335 Å². The molecule has 57 heavy (non-hydrogen) atoms. The van der Waals surface area contributed by atoms with Crippen LogP contribution < -0.4 is 0 Å². The summed E-state index contributed by atoms with van der Waals surface area (Å²) in [6.45, 7) is 12.7. The van der Waals surface area contributed by atoms with Crippen molar-refractivity contribution in [3.63, 3.8) is 0 Å². The van der Waals surface area contributed by atoms with Crippen LogP contribution >= 0.6 is 0 Å². The highest BCUT2D eigenvalue weighted by Gasteiger charge is 2.37. The van der Waals surface area contributed by atoms with E-state index in [4.69, 9.17) is 19.4 Å². The normalized spacial score (nSPS) is 21.2. The number of hydrogen-bond acceptors (Lipinski definition) is 6. The number of nitrogens with zero attached hydrogens (tertiary/aromatic N) is 4. The summed E-state index contributed by atoms with van der Waals surface area (Å²) in [6.07, 6.45) is 10.0. The molecule has 0 spiro atoms. The minimum Gasteiger partial charge on any atom is -0.444 e. The smallest absolute Gasteiger partial charge is 0.410 e. The van der Waals surface area contributed by atoms with E-state index in [9.17, 15) is 9.59 Å². The topological polar surface area (TPSA) is 116 Å². The third kappa shape index (κ3) is 8.27. The Bertz CT molecular complexity index is 2230. The lowest BCUT2D eigenvalue weighted by molar-refractivity contribution is 0.0208. The van der Waals surface area contributed by atoms with Crippen molar-refractivity contribution in [1.29, 1.82) is 0 Å². The van der Waals surface area contributed by atoms with Gasteiger partial charge < -0.3 is 19.4 Å². The molecule has 0 saturated carbocycles. The van der Waals surface area contributed by atoms with Gasteiger partial charge in [0.1, 0.15) is 22.9 Å². The summed E-state index contributed by atoms with van der Waals surface area (Å²) in [5, 5.41) is 0. The van der Waals surface area contributed by atoms with E-state index < -0.39 is 11.2 Å². The molecule has 3 aromatic carbocycles. The maximum atomic E-state index is 12.9. The van der Waals surface area contributed by atoms with Crippen LogP contribution in [0.4, 0.5) is 9.59 Å². The van der Waals surface area contributed by atoms with Gasteiger partial charge in [-0.2, -0.15) is 0 Å². The van der Waals surface area contributed by atoms with Gasteiger partial charge in [-0.1, -0.05) is 84.9 Å². The molecule has 0 radical (unpaired) electrons. The van der Waals surface area contributed by atoms with Crippen LogP contribution in [0.1, 0.15) is 126 Å². The van der Waals surface area contributed by atoms with Crippen LogP contribution in [0.3, 0.4) is 0 Å². The molecular weight excluding hydrogens is 713 g/mol. The number of imidazole rings is 2. The summed E-state index contributed by atoms with van der Waals surface area (Å²) in [7, 11) is 0. The lowest BCUT2D eigenvalue weighted by atomic mass is 9.78. The summed E-state index contributed by atoms with van der Waals surface area (Å²) in [4.78, 5) is 46.0. The second-order valence-corrected chi connectivity index (χ2v) is 17.6. The van der Waals surface area contributed by atoms with E-state index in [0.29, 0.717) is 13.1 Å². The predicted molar refractivity (Wildman–Crippen MR) is 222 cm³/mol. The van der Waals surface area contributed by atoms with Crippen molar-refractivity contribution in [2.45, 2.75) is 109 Å². The molecule has 5 aromatic rings. The van der Waals surface area contributed by atoms with Crippen molar-refractivity contribution in [3.05, 3.63) is 126 Å². The number of likely N-dealkylation sites (tertiary alicyclic amines) is 2. The van der Waals surface area contributed by atoms with Gasteiger partial charge in [-0.3, -0.25) is 9.80 Å². The van der Waals surface area contributed by atoms with Gasteiger partial charge in [0.2, 0.25) is 0 Å². The summed E-state index contributed by atoms with van der Waals surface area (Å²) in [5.41, 5.74) is 8.01. The monoisotopic (exact) mass is 766 g/mol. The number of aromatic nitrogens is 4. The zero-order valence-electron chi connectivity index (χ0n) is 33.9. The zero-order chi connectivity index (χ0) is 39.9. The number of nitrogens with one attached hydrogen (secondary N) is 2. The second kappa shape index (κ2) is 15.4. The summed E-state index contributed by atoms with van der Waals surface area (Å²) < 4.78 is 11.4. The van der Waals surface area contributed by atoms with Crippen LogP contribution in [0, 0.1) is 0 Å². The highest BCUT2D eigenvalue weighted by Crippen LogP contribution is 2.50. The minimum atomic E-state index is -0.545. The molecule has 10 nitrogen and oxygen atoms in total. The summed E-state index contributed by atoms with van der Waals surface area (Å²) >= 11 is 0. The number of aromatic amines is 2. The first-order valence-corrected chi connectivity index (χ1v) is 20.4. The van der Waals surface area contributed by atoms with E-state index in [-0.39, 0.29) is 36.1 Å². The predicted octanol–water partition coefficient (Wildman–Crippen LogP) is 11.0. The second-order valence-electron chi connectivity index (χ2n) is 17.6. The van der Waals surface area contributed by atoms with Crippen LogP contribution in [-0.4, -0.2) is 66.2 Å². The van der Waals surface area contributed by atoms with Crippen molar-refractivity contribution in [1.82, 2.24) is 29.7 Å². The van der Waals surface area contributed by atoms with Crippen LogP contribution in [0.5, 0.6) is 0 Å². The first-order valence-electron chi connectivity index (χ1n) is 20.4. The van der Waals surface area contributed by atoms with Crippen LogP contribution in [0.25, 0.3) is 28.1 Å². The Morgan fingerprint density at radius 3 is 1.60 bits per heavy atom. The molecule has 296 valence electrons. The Morgan fingerprint density at radius 2 is 1.11 bits per heavy atom. The van der Waals surface area contributed by atoms with E-state index in [2.05, 4.69) is 94.9 Å². The molecule has 1 aliphatic carbocycles. The summed E-state index contributed by atoms with van der Waals surface area (Å²) in [6, 6.07) is 28.2. The number of amides is 2. The Kier molecular flexibility index (Phi) is 10.3. The van der Waals surface area contributed by atoms with Gasteiger partial charge in [0, 0.05) is 19.0 Å². The first kappa shape index (κ1) is 38.2. The molecule has 2 aliphatic heterocycles. The molecule has 3 aliphatic rings. The number of carbonyl (C=O) groups is 2. The van der Waals surface area contributed by atoms with E-state index in [0.717, 1.165) is 66.3 Å². The lowest BCUT2D eigenvalue weighted by Crippen LogP contribution is -2.36. The molecule has 2 fully saturated rings. The first-order chi connectivity index (χ1) is 27.3. The Morgan fingerprint density at radius 1 is 0.632 bits per heavy atom. The van der Waals surface area contributed by atoms with E-state index in [1.54, 1.807) is 9.80 Å². The Balaban J connectivity index is 0.979.